The van der Waals surface area contributed by atoms with Crippen molar-refractivity contribution in [2.45, 2.75) is 64.8 Å². The molecule has 1 aliphatic heterocycles. The predicted octanol–water partition coefficient (Wildman–Crippen LogP) is 5.74. The summed E-state index contributed by atoms with van der Waals surface area (Å²) in [4.78, 5) is 32.5. The molecule has 1 saturated heterocycles. The molecule has 6 heteroatoms. The van der Waals surface area contributed by atoms with Crippen LogP contribution in [0, 0.1) is 18.8 Å². The second-order valence-corrected chi connectivity index (χ2v) is 10.3. The molecule has 6 nitrogen and oxygen atoms in total. The van der Waals surface area contributed by atoms with Crippen molar-refractivity contribution >= 4 is 22.9 Å². The van der Waals surface area contributed by atoms with Gasteiger partial charge in [-0.05, 0) is 68.9 Å². The number of benzene rings is 2. The quantitative estimate of drug-likeness (QED) is 0.513. The standard InChI is InChI=1S/C29H35N3O3/c1-19-8-10-22(11-9-19)28-31-25-18-23(12-13-26(25)35-28)29(34)32-16-14-21(15-17-32)20(2)27(33)30-24-6-4-3-5-7-24/h8-13,18,20-21,24H,3-7,14-17H2,1-2H3,(H,30,33)/t20-/m1/s1. The zero-order valence-corrected chi connectivity index (χ0v) is 20.8. The first-order valence-corrected chi connectivity index (χ1v) is 13.1. The van der Waals surface area contributed by atoms with Crippen LogP contribution in [0.4, 0.5) is 0 Å². The average Bonchev–Trinajstić information content (AvgIpc) is 3.32. The van der Waals surface area contributed by atoms with Gasteiger partial charge in [-0.3, -0.25) is 9.59 Å². The molecule has 0 bridgehead atoms. The summed E-state index contributed by atoms with van der Waals surface area (Å²) in [6.45, 7) is 5.44. The molecule has 1 atom stereocenters. The number of carbonyl (C=O) groups is 2. The zero-order chi connectivity index (χ0) is 24.4. The molecule has 1 aromatic heterocycles. The Hall–Kier alpha value is -3.15. The van der Waals surface area contributed by atoms with Crippen molar-refractivity contribution in [3.8, 4) is 11.5 Å². The lowest BCUT2D eigenvalue weighted by Crippen LogP contribution is -2.45. The summed E-state index contributed by atoms with van der Waals surface area (Å²) in [5.74, 6) is 1.07. The molecule has 2 amide bonds. The molecule has 0 spiro atoms. The fourth-order valence-corrected chi connectivity index (χ4v) is 5.46. The lowest BCUT2D eigenvalue weighted by Gasteiger charge is -2.35. The fourth-order valence-electron chi connectivity index (χ4n) is 5.46. The molecule has 1 saturated carbocycles. The lowest BCUT2D eigenvalue weighted by molar-refractivity contribution is -0.127. The van der Waals surface area contributed by atoms with Crippen molar-refractivity contribution < 1.29 is 14.0 Å². The van der Waals surface area contributed by atoms with Crippen LogP contribution in [-0.4, -0.2) is 40.8 Å². The minimum atomic E-state index is -0.0131. The molecule has 3 aromatic rings. The van der Waals surface area contributed by atoms with E-state index in [2.05, 4.69) is 10.3 Å². The fraction of sp³-hybridized carbons (Fsp3) is 0.483. The largest absolute Gasteiger partial charge is 0.436 e. The van der Waals surface area contributed by atoms with Gasteiger partial charge >= 0.3 is 0 Å². The van der Waals surface area contributed by atoms with E-state index in [0.29, 0.717) is 47.6 Å². The summed E-state index contributed by atoms with van der Waals surface area (Å²) in [7, 11) is 0. The smallest absolute Gasteiger partial charge is 0.253 e. The number of aromatic nitrogens is 1. The second kappa shape index (κ2) is 10.2. The van der Waals surface area contributed by atoms with Crippen LogP contribution in [0.3, 0.4) is 0 Å². The number of amides is 2. The molecule has 2 heterocycles. The SMILES string of the molecule is Cc1ccc(-c2nc3cc(C(=O)N4CCC([C@@H](C)C(=O)NC5CCCCC5)CC4)ccc3o2)cc1. The highest BCUT2D eigenvalue weighted by Crippen LogP contribution is 2.29. The van der Waals surface area contributed by atoms with Gasteiger partial charge in [0.2, 0.25) is 11.8 Å². The summed E-state index contributed by atoms with van der Waals surface area (Å²) in [5, 5.41) is 3.27. The number of likely N-dealkylation sites (tertiary alicyclic amines) is 1. The molecule has 2 fully saturated rings. The Morgan fingerprint density at radius 1 is 1.00 bits per heavy atom. The highest BCUT2D eigenvalue weighted by molar-refractivity contribution is 5.97. The summed E-state index contributed by atoms with van der Waals surface area (Å²) in [5.41, 5.74) is 4.09. The van der Waals surface area contributed by atoms with Crippen LogP contribution in [-0.2, 0) is 4.79 Å². The normalized spacial score (nSPS) is 18.5. The van der Waals surface area contributed by atoms with Crippen molar-refractivity contribution in [1.29, 1.82) is 0 Å². The van der Waals surface area contributed by atoms with Crippen molar-refractivity contribution in [1.82, 2.24) is 15.2 Å². The van der Waals surface area contributed by atoms with E-state index in [1.807, 2.05) is 61.2 Å². The number of fused-ring (bicyclic) bond motifs is 1. The maximum Gasteiger partial charge on any atom is 0.253 e. The second-order valence-electron chi connectivity index (χ2n) is 10.3. The van der Waals surface area contributed by atoms with Gasteiger partial charge in [0.25, 0.3) is 5.91 Å². The van der Waals surface area contributed by atoms with Gasteiger partial charge < -0.3 is 14.6 Å². The minimum Gasteiger partial charge on any atom is -0.436 e. The summed E-state index contributed by atoms with van der Waals surface area (Å²) >= 11 is 0. The Morgan fingerprint density at radius 3 is 2.43 bits per heavy atom. The van der Waals surface area contributed by atoms with Crippen LogP contribution in [0.2, 0.25) is 0 Å². The zero-order valence-electron chi connectivity index (χ0n) is 20.8. The Balaban J connectivity index is 1.19. The Labute approximate surface area is 207 Å². The van der Waals surface area contributed by atoms with E-state index >= 15 is 0 Å². The van der Waals surface area contributed by atoms with Gasteiger partial charge in [-0.2, -0.15) is 0 Å². The van der Waals surface area contributed by atoms with Crippen LogP contribution >= 0.6 is 0 Å². The third-order valence-electron chi connectivity index (χ3n) is 7.83. The molecular formula is C29H35N3O3. The summed E-state index contributed by atoms with van der Waals surface area (Å²) in [6, 6.07) is 13.9. The van der Waals surface area contributed by atoms with Crippen molar-refractivity contribution in [3.63, 3.8) is 0 Å². The number of rotatable bonds is 5. The highest BCUT2D eigenvalue weighted by Gasteiger charge is 2.31. The van der Waals surface area contributed by atoms with Crippen molar-refractivity contribution in [3.05, 3.63) is 53.6 Å². The summed E-state index contributed by atoms with van der Waals surface area (Å²) < 4.78 is 5.92. The number of hydrogen-bond donors (Lipinski definition) is 1. The molecular weight excluding hydrogens is 438 g/mol. The van der Waals surface area contributed by atoms with Gasteiger partial charge in [-0.25, -0.2) is 4.98 Å². The Bertz CT molecular complexity index is 1190. The summed E-state index contributed by atoms with van der Waals surface area (Å²) in [6.07, 6.45) is 7.64. The van der Waals surface area contributed by atoms with Crippen LogP contribution in [0.1, 0.15) is 67.8 Å². The van der Waals surface area contributed by atoms with E-state index in [4.69, 9.17) is 4.42 Å². The first-order chi connectivity index (χ1) is 17.0. The van der Waals surface area contributed by atoms with Gasteiger partial charge in [0.05, 0.1) is 0 Å². The van der Waals surface area contributed by atoms with E-state index in [0.717, 1.165) is 31.2 Å². The maximum atomic E-state index is 13.2. The van der Waals surface area contributed by atoms with Crippen LogP contribution < -0.4 is 5.32 Å². The Morgan fingerprint density at radius 2 is 1.71 bits per heavy atom. The minimum absolute atomic E-state index is 0.0131. The molecule has 5 rings (SSSR count). The van der Waals surface area contributed by atoms with Crippen LogP contribution in [0.25, 0.3) is 22.6 Å². The molecule has 184 valence electrons. The van der Waals surface area contributed by atoms with Crippen LogP contribution in [0.5, 0.6) is 0 Å². The Kier molecular flexibility index (Phi) is 6.89. The number of nitrogens with one attached hydrogen (secondary N) is 1. The highest BCUT2D eigenvalue weighted by atomic mass is 16.3. The van der Waals surface area contributed by atoms with Gasteiger partial charge in [-0.15, -0.1) is 0 Å². The van der Waals surface area contributed by atoms with Gasteiger partial charge in [0.15, 0.2) is 5.58 Å². The number of oxazole rings is 1. The molecule has 1 aliphatic carbocycles. The number of carbonyl (C=O) groups excluding carboxylic acids is 2. The monoisotopic (exact) mass is 473 g/mol. The maximum absolute atomic E-state index is 13.2. The third kappa shape index (κ3) is 5.26. The number of piperidine rings is 1. The molecule has 2 aliphatic rings. The van der Waals surface area contributed by atoms with Gasteiger partial charge in [-0.1, -0.05) is 43.9 Å². The van der Waals surface area contributed by atoms with E-state index < -0.39 is 0 Å². The van der Waals surface area contributed by atoms with E-state index in [1.165, 1.54) is 24.8 Å². The predicted molar refractivity (Wildman–Crippen MR) is 137 cm³/mol. The molecule has 35 heavy (non-hydrogen) atoms. The van der Waals surface area contributed by atoms with Gasteiger partial charge in [0, 0.05) is 36.2 Å². The first kappa shape index (κ1) is 23.6. The van der Waals surface area contributed by atoms with E-state index in [9.17, 15) is 9.59 Å². The van der Waals surface area contributed by atoms with Gasteiger partial charge in [0.1, 0.15) is 5.52 Å². The van der Waals surface area contributed by atoms with Crippen LogP contribution in [0.15, 0.2) is 46.9 Å². The molecule has 0 unspecified atom stereocenters. The topological polar surface area (TPSA) is 75.4 Å². The van der Waals surface area contributed by atoms with E-state index in [1.54, 1.807) is 0 Å². The van der Waals surface area contributed by atoms with Crippen molar-refractivity contribution in [2.24, 2.45) is 11.8 Å². The average molecular weight is 474 g/mol. The molecule has 2 aromatic carbocycles. The number of aryl methyl sites for hydroxylation is 1. The lowest BCUT2D eigenvalue weighted by atomic mass is 9.84. The molecule has 1 N–H and O–H groups in total. The van der Waals surface area contributed by atoms with E-state index in [-0.39, 0.29) is 17.7 Å². The van der Waals surface area contributed by atoms with Crippen molar-refractivity contribution in [2.75, 3.05) is 13.1 Å². The third-order valence-corrected chi connectivity index (χ3v) is 7.83. The first-order valence-electron chi connectivity index (χ1n) is 13.1. The molecule has 0 radical (unpaired) electrons. The number of hydrogen-bond acceptors (Lipinski definition) is 4. The number of nitrogens with zero attached hydrogens (tertiary/aromatic N) is 2.